The van der Waals surface area contributed by atoms with Gasteiger partial charge in [0.1, 0.15) is 0 Å². The fourth-order valence-electron chi connectivity index (χ4n) is 1.75. The van der Waals surface area contributed by atoms with Gasteiger partial charge in [0.2, 0.25) is 0 Å². The van der Waals surface area contributed by atoms with Crippen LogP contribution in [-0.4, -0.2) is 23.4 Å². The van der Waals surface area contributed by atoms with E-state index in [1.807, 2.05) is 13.8 Å². The van der Waals surface area contributed by atoms with E-state index in [-0.39, 0.29) is 17.6 Å². The highest BCUT2D eigenvalue weighted by Crippen LogP contribution is 2.33. The van der Waals surface area contributed by atoms with E-state index in [1.54, 1.807) is 0 Å². The molecule has 1 aliphatic heterocycles. The summed E-state index contributed by atoms with van der Waals surface area (Å²) in [4.78, 5) is 0. The smallest absolute Gasteiger partial charge is 0.0888 e. The minimum absolute atomic E-state index is 0.238. The predicted octanol–water partition coefficient (Wildman–Crippen LogP) is 2.13. The Bertz CT molecular complexity index is 196. The van der Waals surface area contributed by atoms with Crippen LogP contribution in [0.2, 0.25) is 0 Å². The lowest BCUT2D eigenvalue weighted by Gasteiger charge is -2.23. The second-order valence-corrected chi connectivity index (χ2v) is 4.43. The predicted molar refractivity (Wildman–Crippen MR) is 53.6 cm³/mol. The summed E-state index contributed by atoms with van der Waals surface area (Å²) in [5.74, 6) is 0.238. The van der Waals surface area contributed by atoms with E-state index in [4.69, 9.17) is 4.74 Å². The van der Waals surface area contributed by atoms with Crippen LogP contribution in [0.25, 0.3) is 0 Å². The van der Waals surface area contributed by atoms with Gasteiger partial charge in [-0.25, -0.2) is 0 Å². The van der Waals surface area contributed by atoms with Gasteiger partial charge in [0.25, 0.3) is 0 Å². The van der Waals surface area contributed by atoms with Crippen LogP contribution in [0.1, 0.15) is 33.6 Å². The lowest BCUT2D eigenvalue weighted by atomic mass is 9.89. The van der Waals surface area contributed by atoms with Gasteiger partial charge in [-0.2, -0.15) is 0 Å². The zero-order valence-electron chi connectivity index (χ0n) is 8.84. The number of hydrogen-bond acceptors (Lipinski definition) is 2. The fraction of sp³-hybridized carbons (Fsp3) is 0.818. The third kappa shape index (κ3) is 2.32. The number of rotatable bonds is 3. The Morgan fingerprint density at radius 2 is 2.23 bits per heavy atom. The van der Waals surface area contributed by atoms with Gasteiger partial charge in [-0.05, 0) is 26.7 Å². The summed E-state index contributed by atoms with van der Waals surface area (Å²) >= 11 is 0. The van der Waals surface area contributed by atoms with E-state index in [0.717, 1.165) is 12.8 Å². The SMILES string of the molecule is C=C(CC)CC1COC(C)(C)C1O. The van der Waals surface area contributed by atoms with Gasteiger partial charge in [0.15, 0.2) is 0 Å². The maximum absolute atomic E-state index is 9.90. The second-order valence-electron chi connectivity index (χ2n) is 4.43. The van der Waals surface area contributed by atoms with Gasteiger partial charge in [0.05, 0.1) is 18.3 Å². The van der Waals surface area contributed by atoms with Gasteiger partial charge >= 0.3 is 0 Å². The summed E-state index contributed by atoms with van der Waals surface area (Å²) in [5, 5.41) is 9.90. The third-order valence-corrected chi connectivity index (χ3v) is 2.88. The highest BCUT2D eigenvalue weighted by Gasteiger charge is 2.41. The van der Waals surface area contributed by atoms with Crippen molar-refractivity contribution < 1.29 is 9.84 Å². The normalized spacial score (nSPS) is 32.0. The molecule has 13 heavy (non-hydrogen) atoms. The molecule has 0 bridgehead atoms. The van der Waals surface area contributed by atoms with Crippen LogP contribution < -0.4 is 0 Å². The van der Waals surface area contributed by atoms with Crippen molar-refractivity contribution in [1.82, 2.24) is 0 Å². The Morgan fingerprint density at radius 3 is 2.62 bits per heavy atom. The molecule has 0 amide bonds. The molecular formula is C11H20O2. The highest BCUT2D eigenvalue weighted by atomic mass is 16.5. The maximum atomic E-state index is 9.90. The van der Waals surface area contributed by atoms with Crippen LogP contribution in [0, 0.1) is 5.92 Å². The molecule has 0 aromatic heterocycles. The van der Waals surface area contributed by atoms with Gasteiger partial charge < -0.3 is 9.84 Å². The Morgan fingerprint density at radius 1 is 1.62 bits per heavy atom. The monoisotopic (exact) mass is 184 g/mol. The van der Waals surface area contributed by atoms with E-state index in [0.29, 0.717) is 6.61 Å². The summed E-state index contributed by atoms with van der Waals surface area (Å²) in [5.41, 5.74) is 0.823. The standard InChI is InChI=1S/C11H20O2/c1-5-8(2)6-9-7-13-11(3,4)10(9)12/h9-10,12H,2,5-7H2,1,3-4H3. The van der Waals surface area contributed by atoms with Crippen molar-refractivity contribution in [2.75, 3.05) is 6.61 Å². The molecule has 2 heteroatoms. The number of ether oxygens (including phenoxy) is 1. The van der Waals surface area contributed by atoms with Crippen LogP contribution in [0.4, 0.5) is 0 Å². The van der Waals surface area contributed by atoms with Crippen molar-refractivity contribution in [2.24, 2.45) is 5.92 Å². The zero-order chi connectivity index (χ0) is 10.1. The Balaban J connectivity index is 2.51. The minimum Gasteiger partial charge on any atom is -0.390 e. The Labute approximate surface area is 80.6 Å². The van der Waals surface area contributed by atoms with Crippen LogP contribution >= 0.6 is 0 Å². The van der Waals surface area contributed by atoms with Crippen molar-refractivity contribution in [3.63, 3.8) is 0 Å². The van der Waals surface area contributed by atoms with Crippen LogP contribution in [0.3, 0.4) is 0 Å². The summed E-state index contributed by atoms with van der Waals surface area (Å²) in [6, 6.07) is 0. The average molecular weight is 184 g/mol. The topological polar surface area (TPSA) is 29.5 Å². The molecule has 0 saturated carbocycles. The van der Waals surface area contributed by atoms with E-state index < -0.39 is 0 Å². The number of aliphatic hydroxyl groups is 1. The maximum Gasteiger partial charge on any atom is 0.0888 e. The Kier molecular flexibility index (Phi) is 3.14. The van der Waals surface area contributed by atoms with E-state index in [2.05, 4.69) is 13.5 Å². The number of allylic oxidation sites excluding steroid dienone is 1. The van der Waals surface area contributed by atoms with E-state index >= 15 is 0 Å². The molecule has 76 valence electrons. The van der Waals surface area contributed by atoms with Crippen molar-refractivity contribution >= 4 is 0 Å². The lowest BCUT2D eigenvalue weighted by Crippen LogP contribution is -2.35. The van der Waals surface area contributed by atoms with E-state index in [1.165, 1.54) is 5.57 Å². The molecule has 1 N–H and O–H groups in total. The quantitative estimate of drug-likeness (QED) is 0.681. The summed E-state index contributed by atoms with van der Waals surface area (Å²) < 4.78 is 5.52. The minimum atomic E-state index is -0.376. The molecular weight excluding hydrogens is 164 g/mol. The van der Waals surface area contributed by atoms with Gasteiger partial charge in [0, 0.05) is 5.92 Å². The first-order valence-electron chi connectivity index (χ1n) is 4.96. The molecule has 2 nitrogen and oxygen atoms in total. The summed E-state index contributed by atoms with van der Waals surface area (Å²) in [7, 11) is 0. The van der Waals surface area contributed by atoms with Crippen molar-refractivity contribution in [1.29, 1.82) is 0 Å². The lowest BCUT2D eigenvalue weighted by molar-refractivity contribution is -0.0311. The van der Waals surface area contributed by atoms with Crippen LogP contribution in [0.5, 0.6) is 0 Å². The average Bonchev–Trinajstić information content (AvgIpc) is 2.32. The molecule has 1 saturated heterocycles. The first kappa shape index (κ1) is 10.7. The van der Waals surface area contributed by atoms with E-state index in [9.17, 15) is 5.11 Å². The largest absolute Gasteiger partial charge is 0.390 e. The molecule has 1 heterocycles. The zero-order valence-corrected chi connectivity index (χ0v) is 8.84. The molecule has 2 atom stereocenters. The number of hydrogen-bond donors (Lipinski definition) is 1. The molecule has 0 aliphatic carbocycles. The molecule has 0 aromatic carbocycles. The van der Waals surface area contributed by atoms with Crippen molar-refractivity contribution in [3.05, 3.63) is 12.2 Å². The van der Waals surface area contributed by atoms with Gasteiger partial charge in [-0.1, -0.05) is 19.1 Å². The molecule has 0 aromatic rings. The Hall–Kier alpha value is -0.340. The van der Waals surface area contributed by atoms with Crippen LogP contribution in [-0.2, 0) is 4.74 Å². The molecule has 0 spiro atoms. The molecule has 1 aliphatic rings. The molecule has 0 radical (unpaired) electrons. The second kappa shape index (κ2) is 3.81. The molecule has 1 fully saturated rings. The first-order valence-corrected chi connectivity index (χ1v) is 4.96. The highest BCUT2D eigenvalue weighted by molar-refractivity contribution is 5.00. The fourth-order valence-corrected chi connectivity index (χ4v) is 1.75. The summed E-state index contributed by atoms with van der Waals surface area (Å²) in [6.45, 7) is 10.6. The number of aliphatic hydroxyl groups excluding tert-OH is 1. The first-order chi connectivity index (χ1) is 5.97. The van der Waals surface area contributed by atoms with Crippen molar-refractivity contribution in [2.45, 2.75) is 45.3 Å². The summed E-state index contributed by atoms with van der Waals surface area (Å²) in [6.07, 6.45) is 1.53. The third-order valence-electron chi connectivity index (χ3n) is 2.88. The molecule has 1 rings (SSSR count). The van der Waals surface area contributed by atoms with Gasteiger partial charge in [-0.15, -0.1) is 0 Å². The van der Waals surface area contributed by atoms with Crippen molar-refractivity contribution in [3.8, 4) is 0 Å². The van der Waals surface area contributed by atoms with Crippen LogP contribution in [0.15, 0.2) is 12.2 Å². The molecule has 2 unspecified atom stereocenters. The van der Waals surface area contributed by atoms with Gasteiger partial charge in [-0.3, -0.25) is 0 Å².